The van der Waals surface area contributed by atoms with Gasteiger partial charge < -0.3 is 10.0 Å². The summed E-state index contributed by atoms with van der Waals surface area (Å²) in [5, 5.41) is 12.1. The fraction of sp³-hybridized carbons (Fsp3) is 0.500. The zero-order valence-electron chi connectivity index (χ0n) is 12.7. The van der Waals surface area contributed by atoms with E-state index >= 15 is 0 Å². The Morgan fingerprint density at radius 1 is 1.43 bits per heavy atom. The highest BCUT2D eigenvalue weighted by Crippen LogP contribution is 2.31. The summed E-state index contributed by atoms with van der Waals surface area (Å²) < 4.78 is 0. The van der Waals surface area contributed by atoms with Crippen LogP contribution in [0.2, 0.25) is 0 Å². The molecule has 0 saturated carbocycles. The molecule has 114 valence electrons. The number of hydrogen-bond acceptors (Lipinski definition) is 3. The normalized spacial score (nSPS) is 20.0. The van der Waals surface area contributed by atoms with Crippen LogP contribution in [-0.2, 0) is 16.0 Å². The number of nitrogens with one attached hydrogen (secondary N) is 1. The topological polar surface area (TPSA) is 69.6 Å². The molecule has 0 bridgehead atoms. The first-order valence-corrected chi connectivity index (χ1v) is 7.27. The van der Waals surface area contributed by atoms with E-state index in [1.54, 1.807) is 18.7 Å². The van der Waals surface area contributed by atoms with Crippen LogP contribution in [0, 0.1) is 0 Å². The average Bonchev–Trinajstić information content (AvgIpc) is 2.80. The number of rotatable bonds is 5. The number of aliphatic carboxylic acids is 1. The summed E-state index contributed by atoms with van der Waals surface area (Å²) in [6, 6.07) is 7.95. The van der Waals surface area contributed by atoms with Crippen molar-refractivity contribution >= 4 is 17.6 Å². The van der Waals surface area contributed by atoms with Crippen LogP contribution in [-0.4, -0.2) is 35.1 Å². The van der Waals surface area contributed by atoms with Crippen molar-refractivity contribution in [3.8, 4) is 0 Å². The Kier molecular flexibility index (Phi) is 4.32. The first-order chi connectivity index (χ1) is 9.89. The Hall–Kier alpha value is -1.88. The predicted octanol–water partition coefficient (Wildman–Crippen LogP) is 1.81. The van der Waals surface area contributed by atoms with Gasteiger partial charge in [0.1, 0.15) is 5.54 Å². The molecule has 0 fully saturated rings. The van der Waals surface area contributed by atoms with Gasteiger partial charge in [-0.3, -0.25) is 14.9 Å². The molecule has 1 aromatic carbocycles. The maximum atomic E-state index is 12.5. The molecule has 5 heteroatoms. The van der Waals surface area contributed by atoms with E-state index in [0.717, 1.165) is 17.7 Å². The van der Waals surface area contributed by atoms with Gasteiger partial charge in [-0.1, -0.05) is 25.1 Å². The van der Waals surface area contributed by atoms with Gasteiger partial charge in [0.2, 0.25) is 5.91 Å². The third kappa shape index (κ3) is 2.93. The quantitative estimate of drug-likeness (QED) is 0.867. The van der Waals surface area contributed by atoms with Crippen LogP contribution in [0.3, 0.4) is 0 Å². The van der Waals surface area contributed by atoms with E-state index < -0.39 is 11.5 Å². The van der Waals surface area contributed by atoms with Crippen LogP contribution in [0.15, 0.2) is 24.3 Å². The Labute approximate surface area is 125 Å². The van der Waals surface area contributed by atoms with Gasteiger partial charge >= 0.3 is 5.97 Å². The van der Waals surface area contributed by atoms with Gasteiger partial charge in [-0.25, -0.2) is 0 Å². The standard InChI is InChI=1S/C16H22N2O3/c1-4-16(3,15(20)21)17-10-14(19)18-11(2)9-12-7-5-6-8-13(12)18/h5-8,11,17H,4,9-10H2,1-3H3,(H,20,21). The summed E-state index contributed by atoms with van der Waals surface area (Å²) in [7, 11) is 0. The van der Waals surface area contributed by atoms with Crippen molar-refractivity contribution in [2.45, 2.75) is 45.2 Å². The highest BCUT2D eigenvalue weighted by molar-refractivity contribution is 5.97. The molecular formula is C16H22N2O3. The van der Waals surface area contributed by atoms with Gasteiger partial charge in [0.05, 0.1) is 6.54 Å². The number of para-hydroxylation sites is 1. The number of fused-ring (bicyclic) bond motifs is 1. The number of carbonyl (C=O) groups excluding carboxylic acids is 1. The molecule has 2 rings (SSSR count). The minimum Gasteiger partial charge on any atom is -0.480 e. The Morgan fingerprint density at radius 3 is 2.71 bits per heavy atom. The summed E-state index contributed by atoms with van der Waals surface area (Å²) in [6.07, 6.45) is 1.26. The third-order valence-electron chi connectivity index (χ3n) is 4.28. The molecule has 21 heavy (non-hydrogen) atoms. The maximum absolute atomic E-state index is 12.5. The largest absolute Gasteiger partial charge is 0.480 e. The van der Waals surface area contributed by atoms with Crippen molar-refractivity contribution in [2.75, 3.05) is 11.4 Å². The number of carboxylic acids is 1. The molecule has 5 nitrogen and oxygen atoms in total. The van der Waals surface area contributed by atoms with Crippen molar-refractivity contribution in [1.29, 1.82) is 0 Å². The Balaban J connectivity index is 2.09. The molecule has 1 heterocycles. The minimum atomic E-state index is -1.07. The van der Waals surface area contributed by atoms with Crippen molar-refractivity contribution in [1.82, 2.24) is 5.32 Å². The Bertz CT molecular complexity index is 558. The van der Waals surface area contributed by atoms with Gasteiger partial charge in [0.15, 0.2) is 0 Å². The van der Waals surface area contributed by atoms with Crippen LogP contribution in [0.5, 0.6) is 0 Å². The molecule has 1 aliphatic rings. The van der Waals surface area contributed by atoms with E-state index in [2.05, 4.69) is 5.32 Å². The molecule has 1 aliphatic heterocycles. The van der Waals surface area contributed by atoms with Crippen molar-refractivity contribution < 1.29 is 14.7 Å². The molecule has 2 N–H and O–H groups in total. The highest BCUT2D eigenvalue weighted by atomic mass is 16.4. The summed E-state index contributed by atoms with van der Waals surface area (Å²) >= 11 is 0. The molecule has 2 atom stereocenters. The molecule has 0 saturated heterocycles. The summed E-state index contributed by atoms with van der Waals surface area (Å²) in [6.45, 7) is 5.42. The van der Waals surface area contributed by atoms with E-state index in [4.69, 9.17) is 0 Å². The smallest absolute Gasteiger partial charge is 0.323 e. The second-order valence-electron chi connectivity index (χ2n) is 5.79. The van der Waals surface area contributed by atoms with Crippen LogP contribution < -0.4 is 10.2 Å². The van der Waals surface area contributed by atoms with E-state index in [1.807, 2.05) is 31.2 Å². The molecule has 0 spiro atoms. The predicted molar refractivity (Wildman–Crippen MR) is 81.4 cm³/mol. The number of anilines is 1. The monoisotopic (exact) mass is 290 g/mol. The second-order valence-corrected chi connectivity index (χ2v) is 5.79. The van der Waals surface area contributed by atoms with Gasteiger partial charge in [-0.05, 0) is 38.3 Å². The first-order valence-electron chi connectivity index (χ1n) is 7.27. The molecule has 0 aliphatic carbocycles. The molecule has 1 aromatic rings. The Morgan fingerprint density at radius 2 is 2.10 bits per heavy atom. The van der Waals surface area contributed by atoms with Crippen LogP contribution in [0.4, 0.5) is 5.69 Å². The van der Waals surface area contributed by atoms with Gasteiger partial charge in [0.25, 0.3) is 0 Å². The number of hydrogen-bond donors (Lipinski definition) is 2. The summed E-state index contributed by atoms with van der Waals surface area (Å²) in [5.41, 5.74) is 1.03. The zero-order valence-corrected chi connectivity index (χ0v) is 12.7. The maximum Gasteiger partial charge on any atom is 0.323 e. The lowest BCUT2D eigenvalue weighted by molar-refractivity contribution is -0.144. The van der Waals surface area contributed by atoms with Gasteiger partial charge in [-0.15, -0.1) is 0 Å². The average molecular weight is 290 g/mol. The number of amides is 1. The molecule has 0 radical (unpaired) electrons. The third-order valence-corrected chi connectivity index (χ3v) is 4.28. The highest BCUT2D eigenvalue weighted by Gasteiger charge is 2.34. The fourth-order valence-electron chi connectivity index (χ4n) is 2.65. The molecule has 0 aromatic heterocycles. The van der Waals surface area contributed by atoms with Crippen molar-refractivity contribution in [3.63, 3.8) is 0 Å². The second kappa shape index (κ2) is 5.85. The van der Waals surface area contributed by atoms with Gasteiger partial charge in [0, 0.05) is 11.7 Å². The lowest BCUT2D eigenvalue weighted by Crippen LogP contribution is -2.53. The number of carboxylic acid groups (broad SMARTS) is 1. The van der Waals surface area contributed by atoms with Gasteiger partial charge in [-0.2, -0.15) is 0 Å². The SMILES string of the molecule is CCC(C)(NCC(=O)N1c2ccccc2CC1C)C(=O)O. The van der Waals surface area contributed by atoms with E-state index in [9.17, 15) is 14.7 Å². The molecule has 2 unspecified atom stereocenters. The number of nitrogens with zero attached hydrogens (tertiary/aromatic N) is 1. The lowest BCUT2D eigenvalue weighted by atomic mass is 9.99. The van der Waals surface area contributed by atoms with E-state index in [1.165, 1.54) is 0 Å². The molecular weight excluding hydrogens is 268 g/mol. The van der Waals surface area contributed by atoms with Crippen LogP contribution in [0.1, 0.15) is 32.8 Å². The summed E-state index contributed by atoms with van der Waals surface area (Å²) in [5.74, 6) is -1.03. The first kappa shape index (κ1) is 15.5. The summed E-state index contributed by atoms with van der Waals surface area (Å²) in [4.78, 5) is 25.5. The number of carbonyl (C=O) groups is 2. The van der Waals surface area contributed by atoms with Crippen LogP contribution in [0.25, 0.3) is 0 Å². The fourth-order valence-corrected chi connectivity index (χ4v) is 2.65. The molecule has 1 amide bonds. The van der Waals surface area contributed by atoms with Crippen molar-refractivity contribution in [3.05, 3.63) is 29.8 Å². The zero-order chi connectivity index (χ0) is 15.6. The lowest BCUT2D eigenvalue weighted by Gasteiger charge is -2.28. The number of benzene rings is 1. The van der Waals surface area contributed by atoms with E-state index in [-0.39, 0.29) is 18.5 Å². The van der Waals surface area contributed by atoms with Crippen LogP contribution >= 0.6 is 0 Å². The van der Waals surface area contributed by atoms with E-state index in [0.29, 0.717) is 6.42 Å². The van der Waals surface area contributed by atoms with Crippen molar-refractivity contribution in [2.24, 2.45) is 0 Å². The minimum absolute atomic E-state index is 0.0231.